The molecule has 1 aromatic carbocycles. The van der Waals surface area contributed by atoms with Gasteiger partial charge in [0.25, 0.3) is 0 Å². The van der Waals surface area contributed by atoms with Crippen LogP contribution in [0.5, 0.6) is 0 Å². The molecule has 0 saturated carbocycles. The summed E-state index contributed by atoms with van der Waals surface area (Å²) >= 11 is 0. The molecule has 90 valence electrons. The number of benzene rings is 1. The topological polar surface area (TPSA) is 58.2 Å². The Bertz CT molecular complexity index is 462. The van der Waals surface area contributed by atoms with Crippen molar-refractivity contribution in [1.29, 1.82) is 0 Å². The molecule has 1 unspecified atom stereocenters. The van der Waals surface area contributed by atoms with Gasteiger partial charge in [0.05, 0.1) is 12.5 Å². The molecule has 1 aromatic rings. The van der Waals surface area contributed by atoms with Crippen molar-refractivity contribution in [3.63, 3.8) is 0 Å². The van der Waals surface area contributed by atoms with E-state index in [0.29, 0.717) is 0 Å². The molecule has 1 heterocycles. The van der Waals surface area contributed by atoms with Gasteiger partial charge in [0, 0.05) is 6.04 Å². The van der Waals surface area contributed by atoms with Gasteiger partial charge in [-0.05, 0) is 24.6 Å². The molecule has 0 bridgehead atoms. The average molecular weight is 236 g/mol. The summed E-state index contributed by atoms with van der Waals surface area (Å²) in [6.45, 7) is 1.82. The molecule has 1 fully saturated rings. The molecule has 0 radical (unpaired) electrons. The predicted octanol–water partition coefficient (Wildman–Crippen LogP) is 0.891. The molecule has 1 aliphatic rings. The van der Waals surface area contributed by atoms with Gasteiger partial charge in [-0.15, -0.1) is 0 Å². The van der Waals surface area contributed by atoms with E-state index in [1.54, 1.807) is 12.1 Å². The number of nitrogens with one attached hydrogen (secondary N) is 2. The first-order valence-corrected chi connectivity index (χ1v) is 5.41. The van der Waals surface area contributed by atoms with Crippen molar-refractivity contribution < 1.29 is 14.0 Å². The van der Waals surface area contributed by atoms with E-state index in [-0.39, 0.29) is 30.1 Å². The van der Waals surface area contributed by atoms with Crippen LogP contribution in [0.15, 0.2) is 24.3 Å². The molecular weight excluding hydrogens is 223 g/mol. The van der Waals surface area contributed by atoms with Gasteiger partial charge in [0.1, 0.15) is 5.82 Å². The molecule has 17 heavy (non-hydrogen) atoms. The summed E-state index contributed by atoms with van der Waals surface area (Å²) in [4.78, 5) is 22.4. The lowest BCUT2D eigenvalue weighted by Crippen LogP contribution is -2.37. The molecular formula is C12H13FN2O2. The van der Waals surface area contributed by atoms with E-state index in [0.717, 1.165) is 5.56 Å². The maximum absolute atomic E-state index is 13.0. The maximum Gasteiger partial charge on any atom is 0.244 e. The standard InChI is InChI=1S/C12H13FN2O2/c1-7(8-3-2-4-9(13)5-8)14-10-6-11(16)15-12(10)17/h2-5,7,10,14H,6H2,1H3,(H,15,16,17)/t7-,10?/m1/s1. The van der Waals surface area contributed by atoms with Crippen LogP contribution >= 0.6 is 0 Å². The Kier molecular flexibility index (Phi) is 3.19. The molecule has 1 aliphatic heterocycles. The summed E-state index contributed by atoms with van der Waals surface area (Å²) in [6, 6.07) is 5.44. The van der Waals surface area contributed by atoms with Crippen molar-refractivity contribution in [2.24, 2.45) is 0 Å². The van der Waals surface area contributed by atoms with Crippen molar-refractivity contribution in [3.8, 4) is 0 Å². The van der Waals surface area contributed by atoms with Gasteiger partial charge < -0.3 is 0 Å². The fourth-order valence-corrected chi connectivity index (χ4v) is 1.86. The number of carbonyl (C=O) groups excluding carboxylic acids is 2. The van der Waals surface area contributed by atoms with E-state index < -0.39 is 6.04 Å². The quantitative estimate of drug-likeness (QED) is 0.766. The fraction of sp³-hybridized carbons (Fsp3) is 0.333. The summed E-state index contributed by atoms with van der Waals surface area (Å²) in [7, 11) is 0. The van der Waals surface area contributed by atoms with E-state index in [9.17, 15) is 14.0 Å². The summed E-state index contributed by atoms with van der Waals surface area (Å²) in [6.07, 6.45) is 0.137. The van der Waals surface area contributed by atoms with Gasteiger partial charge in [0.15, 0.2) is 0 Å². The van der Waals surface area contributed by atoms with Gasteiger partial charge in [0.2, 0.25) is 11.8 Å². The number of imide groups is 1. The Morgan fingerprint density at radius 1 is 1.47 bits per heavy atom. The van der Waals surface area contributed by atoms with Gasteiger partial charge in [-0.2, -0.15) is 0 Å². The zero-order valence-corrected chi connectivity index (χ0v) is 9.37. The summed E-state index contributed by atoms with van der Waals surface area (Å²) in [5, 5.41) is 5.22. The molecule has 4 nitrogen and oxygen atoms in total. The SMILES string of the molecule is C[C@@H](NC1CC(=O)NC1=O)c1cccc(F)c1. The van der Waals surface area contributed by atoms with Crippen LogP contribution in [0.1, 0.15) is 24.9 Å². The number of rotatable bonds is 3. The van der Waals surface area contributed by atoms with Crippen LogP contribution in [0, 0.1) is 5.82 Å². The highest BCUT2D eigenvalue weighted by atomic mass is 19.1. The highest BCUT2D eigenvalue weighted by molar-refractivity contribution is 6.05. The second kappa shape index (κ2) is 4.63. The molecule has 1 saturated heterocycles. The minimum Gasteiger partial charge on any atom is -0.299 e. The second-order valence-electron chi connectivity index (χ2n) is 4.11. The van der Waals surface area contributed by atoms with E-state index in [1.807, 2.05) is 6.92 Å². The Labute approximate surface area is 98.2 Å². The largest absolute Gasteiger partial charge is 0.299 e. The predicted molar refractivity (Wildman–Crippen MR) is 59.5 cm³/mol. The molecule has 2 amide bonds. The van der Waals surface area contributed by atoms with Gasteiger partial charge >= 0.3 is 0 Å². The highest BCUT2D eigenvalue weighted by Crippen LogP contribution is 2.16. The number of hydrogen-bond donors (Lipinski definition) is 2. The second-order valence-corrected chi connectivity index (χ2v) is 4.11. The van der Waals surface area contributed by atoms with Crippen molar-refractivity contribution in [2.45, 2.75) is 25.4 Å². The van der Waals surface area contributed by atoms with Crippen molar-refractivity contribution >= 4 is 11.8 Å². The lowest BCUT2D eigenvalue weighted by atomic mass is 10.1. The number of hydrogen-bond acceptors (Lipinski definition) is 3. The zero-order chi connectivity index (χ0) is 12.4. The Balaban J connectivity index is 2.04. The lowest BCUT2D eigenvalue weighted by molar-refractivity contribution is -0.125. The first-order chi connectivity index (χ1) is 8.06. The van der Waals surface area contributed by atoms with Crippen LogP contribution in [-0.2, 0) is 9.59 Å². The van der Waals surface area contributed by atoms with Crippen molar-refractivity contribution in [2.75, 3.05) is 0 Å². The van der Waals surface area contributed by atoms with Crippen molar-refractivity contribution in [1.82, 2.24) is 10.6 Å². The third-order valence-corrected chi connectivity index (χ3v) is 2.77. The van der Waals surface area contributed by atoms with Gasteiger partial charge in [-0.3, -0.25) is 20.2 Å². The minimum absolute atomic E-state index is 0.137. The van der Waals surface area contributed by atoms with E-state index >= 15 is 0 Å². The van der Waals surface area contributed by atoms with Crippen LogP contribution < -0.4 is 10.6 Å². The average Bonchev–Trinajstić information content (AvgIpc) is 2.57. The monoisotopic (exact) mass is 236 g/mol. The summed E-state index contributed by atoms with van der Waals surface area (Å²) in [5.41, 5.74) is 0.747. The third kappa shape index (κ3) is 2.68. The Morgan fingerprint density at radius 3 is 2.82 bits per heavy atom. The van der Waals surface area contributed by atoms with Crippen LogP contribution in [0.4, 0.5) is 4.39 Å². The molecule has 5 heteroatoms. The summed E-state index contributed by atoms with van der Waals surface area (Å²) < 4.78 is 13.0. The summed E-state index contributed by atoms with van der Waals surface area (Å²) in [5.74, 6) is -0.916. The van der Waals surface area contributed by atoms with Crippen LogP contribution in [-0.4, -0.2) is 17.9 Å². The van der Waals surface area contributed by atoms with Crippen LogP contribution in [0.2, 0.25) is 0 Å². The van der Waals surface area contributed by atoms with Gasteiger partial charge in [-0.25, -0.2) is 4.39 Å². The fourth-order valence-electron chi connectivity index (χ4n) is 1.86. The molecule has 0 aliphatic carbocycles. The van der Waals surface area contributed by atoms with Crippen LogP contribution in [0.3, 0.4) is 0 Å². The molecule has 2 atom stereocenters. The maximum atomic E-state index is 13.0. The molecule has 2 N–H and O–H groups in total. The van der Waals surface area contributed by atoms with Crippen LogP contribution in [0.25, 0.3) is 0 Å². The molecule has 0 spiro atoms. The smallest absolute Gasteiger partial charge is 0.244 e. The number of amides is 2. The third-order valence-electron chi connectivity index (χ3n) is 2.77. The normalized spacial score (nSPS) is 21.4. The Morgan fingerprint density at radius 2 is 2.24 bits per heavy atom. The minimum atomic E-state index is -0.527. The van der Waals surface area contributed by atoms with E-state index in [2.05, 4.69) is 10.6 Å². The molecule has 0 aromatic heterocycles. The van der Waals surface area contributed by atoms with E-state index in [1.165, 1.54) is 12.1 Å². The number of carbonyl (C=O) groups is 2. The van der Waals surface area contributed by atoms with Gasteiger partial charge in [-0.1, -0.05) is 12.1 Å². The number of halogens is 1. The van der Waals surface area contributed by atoms with E-state index in [4.69, 9.17) is 0 Å². The molecule has 2 rings (SSSR count). The van der Waals surface area contributed by atoms with Crippen molar-refractivity contribution in [3.05, 3.63) is 35.6 Å². The zero-order valence-electron chi connectivity index (χ0n) is 9.37. The Hall–Kier alpha value is -1.75. The highest BCUT2D eigenvalue weighted by Gasteiger charge is 2.31. The lowest BCUT2D eigenvalue weighted by Gasteiger charge is -2.17. The first-order valence-electron chi connectivity index (χ1n) is 5.41. The first kappa shape index (κ1) is 11.7.